The van der Waals surface area contributed by atoms with Crippen molar-refractivity contribution < 1.29 is 0 Å². The van der Waals surface area contributed by atoms with Crippen LogP contribution >= 0.6 is 0 Å². The van der Waals surface area contributed by atoms with Crippen LogP contribution in [0.4, 0.5) is 0 Å². The number of hydrogen-bond acceptors (Lipinski definition) is 2. The van der Waals surface area contributed by atoms with Gasteiger partial charge in [0.2, 0.25) is 0 Å². The largest absolute Gasteiger partial charge is 0.314 e. The summed E-state index contributed by atoms with van der Waals surface area (Å²) in [7, 11) is 2.03. The monoisotopic (exact) mass is 207 g/mol. The van der Waals surface area contributed by atoms with E-state index >= 15 is 0 Å². The lowest BCUT2D eigenvalue weighted by atomic mass is 9.75. The van der Waals surface area contributed by atoms with Crippen molar-refractivity contribution in [1.82, 2.24) is 15.1 Å². The molecule has 1 N–H and O–H groups in total. The van der Waals surface area contributed by atoms with Crippen molar-refractivity contribution in [3.63, 3.8) is 0 Å². The molecule has 0 aliphatic heterocycles. The molecule has 0 spiro atoms. The Morgan fingerprint density at radius 3 is 2.53 bits per heavy atom. The zero-order valence-electron chi connectivity index (χ0n) is 10.2. The highest BCUT2D eigenvalue weighted by Gasteiger charge is 2.32. The number of rotatable bonds is 3. The Kier molecular flexibility index (Phi) is 2.83. The van der Waals surface area contributed by atoms with Gasteiger partial charge in [-0.2, -0.15) is 5.10 Å². The predicted molar refractivity (Wildman–Crippen MR) is 62.1 cm³/mol. The zero-order valence-corrected chi connectivity index (χ0v) is 10.2. The summed E-state index contributed by atoms with van der Waals surface area (Å²) in [5, 5.41) is 7.98. The Bertz CT molecular complexity index is 348. The van der Waals surface area contributed by atoms with Crippen molar-refractivity contribution in [2.45, 2.75) is 45.6 Å². The summed E-state index contributed by atoms with van der Waals surface area (Å²) >= 11 is 0. The normalized spacial score (nSPS) is 25.3. The second kappa shape index (κ2) is 3.97. The first kappa shape index (κ1) is 10.7. The van der Waals surface area contributed by atoms with E-state index < -0.39 is 0 Å². The van der Waals surface area contributed by atoms with Crippen molar-refractivity contribution in [1.29, 1.82) is 0 Å². The standard InChI is InChI=1S/C12H21N3/c1-5-13-11-6-10(7-11)12-8(2)14-15(4)9(12)3/h10-11,13H,5-7H2,1-4H3. The third kappa shape index (κ3) is 1.81. The molecule has 0 saturated heterocycles. The molecule has 1 aliphatic carbocycles. The molecule has 1 aromatic rings. The smallest absolute Gasteiger partial charge is 0.0631 e. The first-order chi connectivity index (χ1) is 7.13. The minimum atomic E-state index is 0.735. The molecule has 0 atom stereocenters. The maximum atomic E-state index is 4.48. The van der Waals surface area contributed by atoms with Crippen LogP contribution in [0.15, 0.2) is 0 Å². The van der Waals surface area contributed by atoms with Gasteiger partial charge in [0.15, 0.2) is 0 Å². The summed E-state index contributed by atoms with van der Waals surface area (Å²) < 4.78 is 2.01. The summed E-state index contributed by atoms with van der Waals surface area (Å²) in [5.74, 6) is 0.739. The van der Waals surface area contributed by atoms with Gasteiger partial charge in [-0.25, -0.2) is 0 Å². The molecule has 0 amide bonds. The Morgan fingerprint density at radius 2 is 2.07 bits per heavy atom. The number of nitrogens with one attached hydrogen (secondary N) is 1. The quantitative estimate of drug-likeness (QED) is 0.820. The molecular formula is C12H21N3. The molecular weight excluding hydrogens is 186 g/mol. The second-order valence-electron chi connectivity index (χ2n) is 4.63. The third-order valence-corrected chi connectivity index (χ3v) is 3.60. The lowest BCUT2D eigenvalue weighted by Gasteiger charge is -2.36. The number of nitrogens with zero attached hydrogens (tertiary/aromatic N) is 2. The summed E-state index contributed by atoms with van der Waals surface area (Å²) in [6.07, 6.45) is 2.56. The number of aryl methyl sites for hydroxylation is 2. The van der Waals surface area contributed by atoms with Crippen LogP contribution in [0.5, 0.6) is 0 Å². The molecule has 3 nitrogen and oxygen atoms in total. The molecule has 2 rings (SSSR count). The molecule has 0 aromatic carbocycles. The van der Waals surface area contributed by atoms with Gasteiger partial charge in [-0.1, -0.05) is 6.92 Å². The highest BCUT2D eigenvalue weighted by atomic mass is 15.3. The van der Waals surface area contributed by atoms with Gasteiger partial charge < -0.3 is 5.32 Å². The summed E-state index contributed by atoms with van der Waals surface area (Å²) in [4.78, 5) is 0. The molecule has 1 aliphatic rings. The fraction of sp³-hybridized carbons (Fsp3) is 0.750. The van der Waals surface area contributed by atoms with E-state index in [-0.39, 0.29) is 0 Å². The molecule has 0 unspecified atom stereocenters. The molecule has 0 radical (unpaired) electrons. The number of hydrogen-bond donors (Lipinski definition) is 1. The van der Waals surface area contributed by atoms with Gasteiger partial charge in [0.1, 0.15) is 0 Å². The maximum absolute atomic E-state index is 4.48. The van der Waals surface area contributed by atoms with Gasteiger partial charge >= 0.3 is 0 Å². The van der Waals surface area contributed by atoms with E-state index in [0.29, 0.717) is 0 Å². The van der Waals surface area contributed by atoms with E-state index in [0.717, 1.165) is 18.5 Å². The topological polar surface area (TPSA) is 29.9 Å². The minimum Gasteiger partial charge on any atom is -0.314 e. The minimum absolute atomic E-state index is 0.735. The van der Waals surface area contributed by atoms with Crippen molar-refractivity contribution in [2.24, 2.45) is 7.05 Å². The van der Waals surface area contributed by atoms with E-state index in [4.69, 9.17) is 0 Å². The molecule has 0 bridgehead atoms. The number of aromatic nitrogens is 2. The maximum Gasteiger partial charge on any atom is 0.0631 e. The average Bonchev–Trinajstić information content (AvgIpc) is 2.36. The lowest BCUT2D eigenvalue weighted by Crippen LogP contribution is -2.40. The van der Waals surface area contributed by atoms with E-state index in [2.05, 4.69) is 31.2 Å². The molecule has 1 saturated carbocycles. The Morgan fingerprint density at radius 1 is 1.40 bits per heavy atom. The van der Waals surface area contributed by atoms with Gasteiger partial charge in [0.05, 0.1) is 5.69 Å². The second-order valence-corrected chi connectivity index (χ2v) is 4.63. The van der Waals surface area contributed by atoms with Crippen molar-refractivity contribution in [3.05, 3.63) is 17.0 Å². The van der Waals surface area contributed by atoms with Crippen molar-refractivity contribution in [3.8, 4) is 0 Å². The molecule has 1 aromatic heterocycles. The van der Waals surface area contributed by atoms with Crippen LogP contribution in [-0.4, -0.2) is 22.4 Å². The Balaban J connectivity index is 2.06. The molecule has 1 heterocycles. The SMILES string of the molecule is CCNC1CC(c2c(C)nn(C)c2C)C1. The van der Waals surface area contributed by atoms with E-state index in [1.807, 2.05) is 11.7 Å². The predicted octanol–water partition coefficient (Wildman–Crippen LogP) is 1.89. The third-order valence-electron chi connectivity index (χ3n) is 3.60. The van der Waals surface area contributed by atoms with Gasteiger partial charge in [-0.15, -0.1) is 0 Å². The summed E-state index contributed by atoms with van der Waals surface area (Å²) in [5.41, 5.74) is 4.05. The van der Waals surface area contributed by atoms with Crippen LogP contribution in [0.3, 0.4) is 0 Å². The average molecular weight is 207 g/mol. The fourth-order valence-electron chi connectivity index (χ4n) is 2.69. The van der Waals surface area contributed by atoms with Crippen LogP contribution in [0.1, 0.15) is 42.6 Å². The van der Waals surface area contributed by atoms with Gasteiger partial charge in [0, 0.05) is 18.8 Å². The first-order valence-electron chi connectivity index (χ1n) is 5.87. The van der Waals surface area contributed by atoms with Gasteiger partial charge in [-0.3, -0.25) is 4.68 Å². The van der Waals surface area contributed by atoms with Gasteiger partial charge in [0.25, 0.3) is 0 Å². The van der Waals surface area contributed by atoms with E-state index in [1.165, 1.54) is 29.8 Å². The zero-order chi connectivity index (χ0) is 11.0. The Hall–Kier alpha value is -0.830. The fourth-order valence-corrected chi connectivity index (χ4v) is 2.69. The highest BCUT2D eigenvalue weighted by Crippen LogP contribution is 2.39. The van der Waals surface area contributed by atoms with Crippen LogP contribution in [-0.2, 0) is 7.05 Å². The van der Waals surface area contributed by atoms with Crippen LogP contribution in [0.25, 0.3) is 0 Å². The lowest BCUT2D eigenvalue weighted by molar-refractivity contribution is 0.294. The van der Waals surface area contributed by atoms with Crippen molar-refractivity contribution >= 4 is 0 Å². The Labute approximate surface area is 91.9 Å². The first-order valence-corrected chi connectivity index (χ1v) is 5.87. The van der Waals surface area contributed by atoms with Crippen LogP contribution in [0, 0.1) is 13.8 Å². The van der Waals surface area contributed by atoms with Gasteiger partial charge in [-0.05, 0) is 44.7 Å². The van der Waals surface area contributed by atoms with E-state index in [1.54, 1.807) is 0 Å². The summed E-state index contributed by atoms with van der Waals surface area (Å²) in [6, 6.07) is 0.735. The summed E-state index contributed by atoms with van der Waals surface area (Å²) in [6.45, 7) is 7.56. The highest BCUT2D eigenvalue weighted by molar-refractivity contribution is 5.31. The molecule has 3 heteroatoms. The van der Waals surface area contributed by atoms with E-state index in [9.17, 15) is 0 Å². The van der Waals surface area contributed by atoms with Crippen molar-refractivity contribution in [2.75, 3.05) is 6.54 Å². The van der Waals surface area contributed by atoms with Crippen LogP contribution in [0.2, 0.25) is 0 Å². The molecule has 84 valence electrons. The molecule has 15 heavy (non-hydrogen) atoms. The molecule has 1 fully saturated rings. The van der Waals surface area contributed by atoms with Crippen LogP contribution < -0.4 is 5.32 Å².